The molecule has 1 atom stereocenters. The first kappa shape index (κ1) is 14.0. The van der Waals surface area contributed by atoms with Gasteiger partial charge in [-0.05, 0) is 37.3 Å². The van der Waals surface area contributed by atoms with Gasteiger partial charge in [0, 0.05) is 30.2 Å². The van der Waals surface area contributed by atoms with Crippen LogP contribution in [-0.4, -0.2) is 19.0 Å². The van der Waals surface area contributed by atoms with Crippen molar-refractivity contribution in [3.63, 3.8) is 0 Å². The average molecular weight is 301 g/mol. The lowest BCUT2D eigenvalue weighted by atomic mass is 10.2. The number of rotatable bonds is 1. The molecule has 0 radical (unpaired) electrons. The molecule has 4 heteroatoms. The van der Waals surface area contributed by atoms with Crippen molar-refractivity contribution in [2.75, 3.05) is 16.8 Å². The zero-order valence-electron chi connectivity index (χ0n) is 12.1. The van der Waals surface area contributed by atoms with Crippen LogP contribution in [-0.2, 0) is 4.79 Å². The van der Waals surface area contributed by atoms with Gasteiger partial charge in [-0.1, -0.05) is 29.8 Å². The third-order valence-electron chi connectivity index (χ3n) is 3.95. The zero-order valence-corrected chi connectivity index (χ0v) is 12.8. The van der Waals surface area contributed by atoms with Crippen molar-refractivity contribution in [2.24, 2.45) is 0 Å². The molecule has 0 fully saturated rings. The minimum absolute atomic E-state index is 0.0848. The Morgan fingerprint density at radius 2 is 1.81 bits per heavy atom. The summed E-state index contributed by atoms with van der Waals surface area (Å²) >= 11 is 6.16. The van der Waals surface area contributed by atoms with Crippen molar-refractivity contribution in [2.45, 2.75) is 19.4 Å². The summed E-state index contributed by atoms with van der Waals surface area (Å²) in [5, 5.41) is 0.630. The van der Waals surface area contributed by atoms with Crippen LogP contribution in [0.3, 0.4) is 0 Å². The Kier molecular flexibility index (Phi) is 3.60. The molecule has 1 heterocycles. The number of hydrogen-bond acceptors (Lipinski definition) is 2. The lowest BCUT2D eigenvalue weighted by molar-refractivity contribution is -0.118. The molecule has 3 rings (SSSR count). The fraction of sp³-hybridized carbons (Fsp3) is 0.235. The number of amides is 1. The summed E-state index contributed by atoms with van der Waals surface area (Å²) in [4.78, 5) is 16.6. The highest BCUT2D eigenvalue weighted by Gasteiger charge is 2.29. The highest BCUT2D eigenvalue weighted by molar-refractivity contribution is 6.31. The normalized spacial score (nSPS) is 18.4. The lowest BCUT2D eigenvalue weighted by Gasteiger charge is -2.26. The van der Waals surface area contributed by atoms with Crippen LogP contribution >= 0.6 is 11.6 Å². The second-order valence-electron chi connectivity index (χ2n) is 5.36. The minimum atomic E-state index is 0.0848. The number of carbonyl (C=O) groups excluding carboxylic acids is 1. The molecule has 0 bridgehead atoms. The molecule has 0 saturated heterocycles. The predicted octanol–water partition coefficient (Wildman–Crippen LogP) is 4.23. The van der Waals surface area contributed by atoms with Gasteiger partial charge < -0.3 is 4.90 Å². The Bertz CT molecular complexity index is 672. The third kappa shape index (κ3) is 2.49. The number of hydrogen-bond donors (Lipinski definition) is 0. The van der Waals surface area contributed by atoms with Gasteiger partial charge in [0.25, 0.3) is 0 Å². The Balaban J connectivity index is 2.21. The summed E-state index contributed by atoms with van der Waals surface area (Å²) in [7, 11) is 2.01. The van der Waals surface area contributed by atoms with E-state index >= 15 is 0 Å². The van der Waals surface area contributed by atoms with E-state index in [2.05, 4.69) is 11.8 Å². The van der Waals surface area contributed by atoms with Gasteiger partial charge in [-0.2, -0.15) is 0 Å². The smallest absolute Gasteiger partial charge is 0.233 e. The second-order valence-corrected chi connectivity index (χ2v) is 5.80. The van der Waals surface area contributed by atoms with Crippen LogP contribution in [0.2, 0.25) is 5.02 Å². The van der Waals surface area contributed by atoms with Crippen LogP contribution < -0.4 is 9.80 Å². The number of anilines is 3. The van der Waals surface area contributed by atoms with Crippen molar-refractivity contribution >= 4 is 34.6 Å². The Hall–Kier alpha value is -2.00. The van der Waals surface area contributed by atoms with E-state index < -0.39 is 0 Å². The highest BCUT2D eigenvalue weighted by atomic mass is 35.5. The Morgan fingerprint density at radius 1 is 1.10 bits per heavy atom. The van der Waals surface area contributed by atoms with Gasteiger partial charge in [-0.3, -0.25) is 9.69 Å². The maximum absolute atomic E-state index is 12.7. The van der Waals surface area contributed by atoms with E-state index in [0.717, 1.165) is 17.1 Å². The van der Waals surface area contributed by atoms with E-state index in [-0.39, 0.29) is 11.9 Å². The van der Waals surface area contributed by atoms with Gasteiger partial charge >= 0.3 is 0 Å². The van der Waals surface area contributed by atoms with Crippen molar-refractivity contribution in [1.29, 1.82) is 0 Å². The molecule has 2 aromatic carbocycles. The maximum atomic E-state index is 12.7. The molecule has 0 aromatic heterocycles. The van der Waals surface area contributed by atoms with E-state index in [4.69, 9.17) is 11.6 Å². The summed E-state index contributed by atoms with van der Waals surface area (Å²) < 4.78 is 0. The first-order chi connectivity index (χ1) is 10.1. The van der Waals surface area contributed by atoms with Crippen LogP contribution in [0, 0.1) is 0 Å². The van der Waals surface area contributed by atoms with Crippen LogP contribution in [0.15, 0.2) is 48.5 Å². The molecular weight excluding hydrogens is 284 g/mol. The largest absolute Gasteiger partial charge is 0.370 e. The van der Waals surface area contributed by atoms with Gasteiger partial charge in [-0.15, -0.1) is 0 Å². The Labute approximate surface area is 129 Å². The molecule has 1 aliphatic rings. The van der Waals surface area contributed by atoms with Gasteiger partial charge in [0.05, 0.1) is 11.4 Å². The van der Waals surface area contributed by atoms with E-state index in [9.17, 15) is 4.79 Å². The van der Waals surface area contributed by atoms with E-state index in [0.29, 0.717) is 11.4 Å². The third-order valence-corrected chi connectivity index (χ3v) is 4.19. The second kappa shape index (κ2) is 5.41. The first-order valence-corrected chi connectivity index (χ1v) is 7.36. The van der Waals surface area contributed by atoms with Crippen molar-refractivity contribution in [3.05, 3.63) is 53.6 Å². The summed E-state index contributed by atoms with van der Waals surface area (Å²) in [5.74, 6) is 0.0848. The van der Waals surface area contributed by atoms with Crippen molar-refractivity contribution in [3.8, 4) is 0 Å². The number of para-hydroxylation sites is 1. The number of nitrogens with zero attached hydrogens (tertiary/aromatic N) is 2. The van der Waals surface area contributed by atoms with E-state index in [1.165, 1.54) is 0 Å². The van der Waals surface area contributed by atoms with E-state index in [1.54, 1.807) is 4.90 Å². The zero-order chi connectivity index (χ0) is 15.0. The average Bonchev–Trinajstić information content (AvgIpc) is 2.56. The fourth-order valence-electron chi connectivity index (χ4n) is 2.69. The molecule has 1 aliphatic heterocycles. The number of carbonyl (C=O) groups is 1. The highest BCUT2D eigenvalue weighted by Crippen LogP contribution is 2.39. The summed E-state index contributed by atoms with van der Waals surface area (Å²) in [5.41, 5.74) is 2.72. The van der Waals surface area contributed by atoms with Gasteiger partial charge in [0.15, 0.2) is 0 Å². The Morgan fingerprint density at radius 3 is 2.52 bits per heavy atom. The topological polar surface area (TPSA) is 23.6 Å². The molecule has 1 amide bonds. The molecule has 108 valence electrons. The number of fused-ring (bicyclic) bond motifs is 1. The quantitative estimate of drug-likeness (QED) is 0.787. The van der Waals surface area contributed by atoms with Crippen LogP contribution in [0.1, 0.15) is 13.3 Å². The summed E-state index contributed by atoms with van der Waals surface area (Å²) in [6.45, 7) is 2.06. The predicted molar refractivity (Wildman–Crippen MR) is 87.5 cm³/mol. The molecule has 1 unspecified atom stereocenters. The van der Waals surface area contributed by atoms with E-state index in [1.807, 2.05) is 55.6 Å². The van der Waals surface area contributed by atoms with Crippen molar-refractivity contribution < 1.29 is 4.79 Å². The number of halogens is 1. The lowest BCUT2D eigenvalue weighted by Crippen LogP contribution is -2.31. The minimum Gasteiger partial charge on any atom is -0.370 e. The monoisotopic (exact) mass is 300 g/mol. The van der Waals surface area contributed by atoms with Gasteiger partial charge in [-0.25, -0.2) is 0 Å². The molecule has 0 spiro atoms. The van der Waals surface area contributed by atoms with Gasteiger partial charge in [0.2, 0.25) is 5.91 Å². The fourth-order valence-corrected chi connectivity index (χ4v) is 2.85. The van der Waals surface area contributed by atoms with Crippen LogP contribution in [0.25, 0.3) is 0 Å². The van der Waals surface area contributed by atoms with Gasteiger partial charge in [0.1, 0.15) is 0 Å². The summed E-state index contributed by atoms with van der Waals surface area (Å²) in [6.07, 6.45) is 0.470. The standard InChI is InChI=1S/C17H17ClN2O/c1-12-10-17(21)20(14-6-4-3-5-7-14)16-11-13(18)8-9-15(16)19(12)2/h3-9,11-12H,10H2,1-2H3. The molecular formula is C17H17ClN2O. The van der Waals surface area contributed by atoms with Crippen LogP contribution in [0.4, 0.5) is 17.1 Å². The number of benzene rings is 2. The SMILES string of the molecule is CC1CC(=O)N(c2ccccc2)c2cc(Cl)ccc2N1C. The van der Waals surface area contributed by atoms with Crippen LogP contribution in [0.5, 0.6) is 0 Å². The molecule has 0 N–H and O–H groups in total. The first-order valence-electron chi connectivity index (χ1n) is 6.98. The molecule has 3 nitrogen and oxygen atoms in total. The van der Waals surface area contributed by atoms with Crippen molar-refractivity contribution in [1.82, 2.24) is 0 Å². The molecule has 2 aromatic rings. The summed E-state index contributed by atoms with van der Waals surface area (Å²) in [6, 6.07) is 15.5. The molecule has 0 aliphatic carbocycles. The molecule has 0 saturated carbocycles. The maximum Gasteiger partial charge on any atom is 0.233 e. The molecule has 21 heavy (non-hydrogen) atoms.